The molecule has 148 valence electrons. The molecule has 2 aromatic rings. The van der Waals surface area contributed by atoms with Crippen molar-refractivity contribution in [3.63, 3.8) is 0 Å². The monoisotopic (exact) mass is 382 g/mol. The SMILES string of the molecule is CC(NC(=O)c1cc(C=O)n(CC(=O)NC2CCCCC2)n1)c1ccccc1. The highest BCUT2D eigenvalue weighted by atomic mass is 16.2. The van der Waals surface area contributed by atoms with Gasteiger partial charge in [0.05, 0.1) is 6.04 Å². The maximum Gasteiger partial charge on any atom is 0.272 e. The molecular weight excluding hydrogens is 356 g/mol. The van der Waals surface area contributed by atoms with Crippen molar-refractivity contribution < 1.29 is 14.4 Å². The Balaban J connectivity index is 1.63. The molecule has 1 saturated carbocycles. The molecule has 2 N–H and O–H groups in total. The number of aromatic nitrogens is 2. The topological polar surface area (TPSA) is 93.1 Å². The molecule has 0 bridgehead atoms. The summed E-state index contributed by atoms with van der Waals surface area (Å²) in [5, 5.41) is 10.0. The number of hydrogen-bond donors (Lipinski definition) is 2. The third-order valence-corrected chi connectivity index (χ3v) is 5.08. The second-order valence-corrected chi connectivity index (χ2v) is 7.24. The zero-order valence-electron chi connectivity index (χ0n) is 16.1. The lowest BCUT2D eigenvalue weighted by atomic mass is 9.95. The molecule has 1 fully saturated rings. The number of carbonyl (C=O) groups excluding carboxylic acids is 3. The third kappa shape index (κ3) is 5.06. The Kier molecular flexibility index (Phi) is 6.57. The Morgan fingerprint density at radius 2 is 1.93 bits per heavy atom. The van der Waals surface area contributed by atoms with Crippen molar-refractivity contribution in [1.29, 1.82) is 0 Å². The number of aldehydes is 1. The number of benzene rings is 1. The zero-order chi connectivity index (χ0) is 19.9. The molecule has 1 aliphatic carbocycles. The molecule has 3 rings (SSSR count). The van der Waals surface area contributed by atoms with Crippen LogP contribution >= 0.6 is 0 Å². The van der Waals surface area contributed by atoms with Gasteiger partial charge in [-0.05, 0) is 31.4 Å². The minimum absolute atomic E-state index is 0.0773. The Hall–Kier alpha value is -2.96. The highest BCUT2D eigenvalue weighted by molar-refractivity contribution is 5.94. The van der Waals surface area contributed by atoms with Crippen LogP contribution in [0.4, 0.5) is 0 Å². The van der Waals surface area contributed by atoms with Gasteiger partial charge in [-0.3, -0.25) is 19.1 Å². The smallest absolute Gasteiger partial charge is 0.272 e. The predicted molar refractivity (Wildman–Crippen MR) is 105 cm³/mol. The lowest BCUT2D eigenvalue weighted by Gasteiger charge is -2.22. The van der Waals surface area contributed by atoms with Crippen molar-refractivity contribution in [2.24, 2.45) is 0 Å². The van der Waals surface area contributed by atoms with Crippen LogP contribution in [0.2, 0.25) is 0 Å². The van der Waals surface area contributed by atoms with E-state index in [1.165, 1.54) is 17.2 Å². The summed E-state index contributed by atoms with van der Waals surface area (Å²) in [6.07, 6.45) is 6.03. The maximum atomic E-state index is 12.5. The molecule has 0 saturated heterocycles. The predicted octanol–water partition coefficient (Wildman–Crippen LogP) is 2.64. The Morgan fingerprint density at radius 3 is 2.61 bits per heavy atom. The first-order valence-corrected chi connectivity index (χ1v) is 9.75. The van der Waals surface area contributed by atoms with Gasteiger partial charge in [0.15, 0.2) is 12.0 Å². The van der Waals surface area contributed by atoms with E-state index in [-0.39, 0.29) is 41.8 Å². The van der Waals surface area contributed by atoms with Crippen LogP contribution in [0.3, 0.4) is 0 Å². The summed E-state index contributed by atoms with van der Waals surface area (Å²) in [5.74, 6) is -0.575. The van der Waals surface area contributed by atoms with Gasteiger partial charge in [0, 0.05) is 6.04 Å². The summed E-state index contributed by atoms with van der Waals surface area (Å²) in [6.45, 7) is 1.80. The highest BCUT2D eigenvalue weighted by Crippen LogP contribution is 2.17. The van der Waals surface area contributed by atoms with Gasteiger partial charge in [0.1, 0.15) is 12.2 Å². The van der Waals surface area contributed by atoms with Gasteiger partial charge >= 0.3 is 0 Å². The third-order valence-electron chi connectivity index (χ3n) is 5.08. The maximum absolute atomic E-state index is 12.5. The molecule has 0 aliphatic heterocycles. The zero-order valence-corrected chi connectivity index (χ0v) is 16.1. The van der Waals surface area contributed by atoms with Crippen molar-refractivity contribution in [1.82, 2.24) is 20.4 Å². The van der Waals surface area contributed by atoms with E-state index in [2.05, 4.69) is 15.7 Å². The van der Waals surface area contributed by atoms with E-state index in [1.807, 2.05) is 37.3 Å². The summed E-state index contributed by atoms with van der Waals surface area (Å²) < 4.78 is 1.28. The molecule has 2 amide bonds. The average molecular weight is 382 g/mol. The van der Waals surface area contributed by atoms with Crippen molar-refractivity contribution in [3.05, 3.63) is 53.3 Å². The Labute approximate surface area is 164 Å². The average Bonchev–Trinajstić information content (AvgIpc) is 3.12. The van der Waals surface area contributed by atoms with Crippen LogP contribution in [0.25, 0.3) is 0 Å². The number of nitrogens with one attached hydrogen (secondary N) is 2. The first kappa shape index (κ1) is 19.8. The highest BCUT2D eigenvalue weighted by Gasteiger charge is 2.20. The lowest BCUT2D eigenvalue weighted by Crippen LogP contribution is -2.38. The van der Waals surface area contributed by atoms with Crippen molar-refractivity contribution in [2.75, 3.05) is 0 Å². The van der Waals surface area contributed by atoms with Crippen LogP contribution in [0.5, 0.6) is 0 Å². The molecule has 1 unspecified atom stereocenters. The minimum Gasteiger partial charge on any atom is -0.352 e. The summed E-state index contributed by atoms with van der Waals surface area (Å²) in [5.41, 5.74) is 1.30. The molecule has 7 nitrogen and oxygen atoms in total. The fraction of sp³-hybridized carbons (Fsp3) is 0.429. The fourth-order valence-electron chi connectivity index (χ4n) is 3.52. The number of hydrogen-bond acceptors (Lipinski definition) is 4. The molecule has 1 aliphatic rings. The normalized spacial score (nSPS) is 15.6. The van der Waals surface area contributed by atoms with E-state index in [9.17, 15) is 14.4 Å². The first-order chi connectivity index (χ1) is 13.6. The molecule has 1 heterocycles. The molecule has 0 radical (unpaired) electrons. The number of rotatable bonds is 7. The lowest BCUT2D eigenvalue weighted by molar-refractivity contribution is -0.122. The van der Waals surface area contributed by atoms with Crippen LogP contribution in [-0.2, 0) is 11.3 Å². The summed E-state index contributed by atoms with van der Waals surface area (Å²) in [7, 11) is 0. The van der Waals surface area contributed by atoms with E-state index >= 15 is 0 Å². The molecule has 28 heavy (non-hydrogen) atoms. The summed E-state index contributed by atoms with van der Waals surface area (Å²) in [4.78, 5) is 36.2. The minimum atomic E-state index is -0.383. The number of nitrogens with zero attached hydrogens (tertiary/aromatic N) is 2. The second kappa shape index (κ2) is 9.30. The van der Waals surface area contributed by atoms with Crippen molar-refractivity contribution >= 4 is 18.1 Å². The van der Waals surface area contributed by atoms with Gasteiger partial charge in [0.25, 0.3) is 5.91 Å². The van der Waals surface area contributed by atoms with Gasteiger partial charge < -0.3 is 10.6 Å². The van der Waals surface area contributed by atoms with Crippen molar-refractivity contribution in [3.8, 4) is 0 Å². The fourth-order valence-corrected chi connectivity index (χ4v) is 3.52. The van der Waals surface area contributed by atoms with Crippen LogP contribution < -0.4 is 10.6 Å². The molecule has 7 heteroatoms. The molecule has 1 aromatic heterocycles. The number of carbonyl (C=O) groups is 3. The van der Waals surface area contributed by atoms with Crippen LogP contribution in [0.1, 0.15) is 71.6 Å². The van der Waals surface area contributed by atoms with Crippen LogP contribution in [0, 0.1) is 0 Å². The van der Waals surface area contributed by atoms with Gasteiger partial charge in [-0.15, -0.1) is 0 Å². The van der Waals surface area contributed by atoms with E-state index in [0.29, 0.717) is 6.29 Å². The molecular formula is C21H26N4O3. The van der Waals surface area contributed by atoms with E-state index < -0.39 is 0 Å². The van der Waals surface area contributed by atoms with Crippen molar-refractivity contribution in [2.45, 2.75) is 57.7 Å². The Bertz CT molecular complexity index is 825. The largest absolute Gasteiger partial charge is 0.352 e. The Morgan fingerprint density at radius 1 is 1.21 bits per heavy atom. The quantitative estimate of drug-likeness (QED) is 0.720. The number of amides is 2. The first-order valence-electron chi connectivity index (χ1n) is 9.75. The molecule has 1 atom stereocenters. The van der Waals surface area contributed by atoms with Crippen LogP contribution in [-0.4, -0.2) is 33.9 Å². The van der Waals surface area contributed by atoms with Gasteiger partial charge in [-0.2, -0.15) is 5.10 Å². The van der Waals surface area contributed by atoms with Gasteiger partial charge in [0.2, 0.25) is 5.91 Å². The molecule has 1 aromatic carbocycles. The van der Waals surface area contributed by atoms with Gasteiger partial charge in [-0.1, -0.05) is 49.6 Å². The van der Waals surface area contributed by atoms with Gasteiger partial charge in [-0.25, -0.2) is 0 Å². The van der Waals surface area contributed by atoms with Crippen LogP contribution in [0.15, 0.2) is 36.4 Å². The standard InChI is InChI=1S/C21H26N4O3/c1-15(16-8-4-2-5-9-16)22-21(28)19-12-18(14-26)25(24-19)13-20(27)23-17-10-6-3-7-11-17/h2,4-5,8-9,12,14-15,17H,3,6-7,10-11,13H2,1H3,(H,22,28)(H,23,27). The van der Waals surface area contributed by atoms with E-state index in [1.54, 1.807) is 0 Å². The molecule has 0 spiro atoms. The van der Waals surface area contributed by atoms with E-state index in [0.717, 1.165) is 31.2 Å². The van der Waals surface area contributed by atoms with E-state index in [4.69, 9.17) is 0 Å². The second-order valence-electron chi connectivity index (χ2n) is 7.24. The summed E-state index contributed by atoms with van der Waals surface area (Å²) in [6, 6.07) is 11.0. The summed E-state index contributed by atoms with van der Waals surface area (Å²) >= 11 is 0.